The third-order valence-electron chi connectivity index (χ3n) is 4.09. The van der Waals surface area contributed by atoms with Crippen molar-refractivity contribution in [2.45, 2.75) is 20.8 Å². The van der Waals surface area contributed by atoms with Crippen molar-refractivity contribution < 1.29 is 14.3 Å². The summed E-state index contributed by atoms with van der Waals surface area (Å²) in [6.45, 7) is 6.03. The second kappa shape index (κ2) is 6.81. The first-order chi connectivity index (χ1) is 12.0. The molecular formula is C20H20N2O3. The summed E-state index contributed by atoms with van der Waals surface area (Å²) in [7, 11) is 0. The number of fused-ring (bicyclic) bond motifs is 1. The molecule has 3 rings (SSSR count). The van der Waals surface area contributed by atoms with Crippen LogP contribution in [0.1, 0.15) is 38.9 Å². The Hall–Kier alpha value is -3.08. The molecule has 0 radical (unpaired) electrons. The minimum Gasteiger partial charge on any atom is -0.462 e. The molecule has 1 amide bonds. The number of carbonyl (C=O) groups is 2. The van der Waals surface area contributed by atoms with E-state index in [1.807, 2.05) is 32.0 Å². The van der Waals surface area contributed by atoms with E-state index in [0.717, 1.165) is 22.0 Å². The Morgan fingerprint density at radius 1 is 1.08 bits per heavy atom. The van der Waals surface area contributed by atoms with Crippen LogP contribution in [0.15, 0.2) is 42.5 Å². The lowest BCUT2D eigenvalue weighted by atomic mass is 10.1. The van der Waals surface area contributed by atoms with E-state index in [1.165, 1.54) is 0 Å². The number of H-pyrrole nitrogens is 1. The average Bonchev–Trinajstić information content (AvgIpc) is 2.92. The van der Waals surface area contributed by atoms with Crippen molar-refractivity contribution in [3.8, 4) is 0 Å². The quantitative estimate of drug-likeness (QED) is 0.701. The fourth-order valence-electron chi connectivity index (χ4n) is 2.78. The number of anilines is 1. The molecule has 0 saturated heterocycles. The molecule has 1 heterocycles. The van der Waals surface area contributed by atoms with E-state index < -0.39 is 0 Å². The standard InChI is InChI=1S/C20H20N2O3/c1-4-25-20(24)14-6-8-15(9-7-14)21-19(23)18-13(3)16-10-5-12(2)11-17(16)22-18/h5-11,22H,4H2,1-3H3,(H,21,23). The van der Waals surface area contributed by atoms with Crippen molar-refractivity contribution in [2.24, 2.45) is 0 Å². The highest BCUT2D eigenvalue weighted by Gasteiger charge is 2.15. The fourth-order valence-corrected chi connectivity index (χ4v) is 2.78. The number of hydrogen-bond donors (Lipinski definition) is 2. The van der Waals surface area contributed by atoms with Gasteiger partial charge in [-0.25, -0.2) is 4.79 Å². The Kier molecular flexibility index (Phi) is 4.57. The van der Waals surface area contributed by atoms with Crippen LogP contribution in [0.4, 0.5) is 5.69 Å². The summed E-state index contributed by atoms with van der Waals surface area (Å²) in [5.41, 5.74) is 4.60. The maximum atomic E-state index is 12.6. The van der Waals surface area contributed by atoms with E-state index in [4.69, 9.17) is 4.74 Å². The maximum Gasteiger partial charge on any atom is 0.338 e. The van der Waals surface area contributed by atoms with E-state index >= 15 is 0 Å². The number of benzene rings is 2. The first-order valence-corrected chi connectivity index (χ1v) is 8.17. The molecule has 2 aromatic carbocycles. The summed E-state index contributed by atoms with van der Waals surface area (Å²) in [5, 5.41) is 3.89. The number of aryl methyl sites for hydroxylation is 2. The second-order valence-electron chi connectivity index (χ2n) is 5.93. The Balaban J connectivity index is 1.80. The van der Waals surface area contributed by atoms with Crippen LogP contribution >= 0.6 is 0 Å². The highest BCUT2D eigenvalue weighted by atomic mass is 16.5. The summed E-state index contributed by atoms with van der Waals surface area (Å²) < 4.78 is 4.95. The molecule has 0 bridgehead atoms. The van der Waals surface area contributed by atoms with Gasteiger partial charge in [-0.1, -0.05) is 12.1 Å². The van der Waals surface area contributed by atoms with Gasteiger partial charge in [-0.3, -0.25) is 4.79 Å². The Bertz CT molecular complexity index is 939. The SMILES string of the molecule is CCOC(=O)c1ccc(NC(=O)c2[nH]c3cc(C)ccc3c2C)cc1. The van der Waals surface area contributed by atoms with Crippen LogP contribution in [-0.4, -0.2) is 23.5 Å². The zero-order chi connectivity index (χ0) is 18.0. The van der Waals surface area contributed by atoms with E-state index in [0.29, 0.717) is 23.6 Å². The molecule has 0 aliphatic rings. The Morgan fingerprint density at radius 2 is 1.80 bits per heavy atom. The van der Waals surface area contributed by atoms with E-state index in [-0.39, 0.29) is 11.9 Å². The van der Waals surface area contributed by atoms with Gasteiger partial charge in [0.25, 0.3) is 5.91 Å². The van der Waals surface area contributed by atoms with Crippen LogP contribution < -0.4 is 5.32 Å². The topological polar surface area (TPSA) is 71.2 Å². The number of rotatable bonds is 4. The largest absolute Gasteiger partial charge is 0.462 e. The molecule has 0 atom stereocenters. The highest BCUT2D eigenvalue weighted by Crippen LogP contribution is 2.23. The molecule has 5 heteroatoms. The number of amides is 1. The Morgan fingerprint density at radius 3 is 2.48 bits per heavy atom. The van der Waals surface area contributed by atoms with Crippen molar-refractivity contribution >= 4 is 28.5 Å². The molecule has 0 spiro atoms. The van der Waals surface area contributed by atoms with Gasteiger partial charge in [0, 0.05) is 16.6 Å². The first kappa shape index (κ1) is 16.8. The average molecular weight is 336 g/mol. The first-order valence-electron chi connectivity index (χ1n) is 8.17. The molecule has 2 N–H and O–H groups in total. The van der Waals surface area contributed by atoms with Gasteiger partial charge in [-0.2, -0.15) is 0 Å². The second-order valence-corrected chi connectivity index (χ2v) is 5.93. The zero-order valence-corrected chi connectivity index (χ0v) is 14.5. The smallest absolute Gasteiger partial charge is 0.338 e. The molecule has 0 aliphatic carbocycles. The number of nitrogens with one attached hydrogen (secondary N) is 2. The molecule has 0 unspecified atom stereocenters. The fraction of sp³-hybridized carbons (Fsp3) is 0.200. The molecule has 5 nitrogen and oxygen atoms in total. The number of aromatic nitrogens is 1. The molecule has 25 heavy (non-hydrogen) atoms. The number of carbonyl (C=O) groups excluding carboxylic acids is 2. The predicted octanol–water partition coefficient (Wildman–Crippen LogP) is 4.21. The molecule has 128 valence electrons. The summed E-state index contributed by atoms with van der Waals surface area (Å²) in [4.78, 5) is 27.4. The van der Waals surface area contributed by atoms with Gasteiger partial charge in [0.1, 0.15) is 5.69 Å². The Labute approximate surface area is 146 Å². The van der Waals surface area contributed by atoms with Crippen molar-refractivity contribution in [1.29, 1.82) is 0 Å². The number of ether oxygens (including phenoxy) is 1. The lowest BCUT2D eigenvalue weighted by molar-refractivity contribution is 0.0526. The third kappa shape index (κ3) is 3.40. The van der Waals surface area contributed by atoms with Crippen LogP contribution in [-0.2, 0) is 4.74 Å². The predicted molar refractivity (Wildman–Crippen MR) is 98.1 cm³/mol. The van der Waals surface area contributed by atoms with Crippen molar-refractivity contribution in [2.75, 3.05) is 11.9 Å². The van der Waals surface area contributed by atoms with Crippen LogP contribution in [0.5, 0.6) is 0 Å². The number of esters is 1. The van der Waals surface area contributed by atoms with Crippen LogP contribution in [0.25, 0.3) is 10.9 Å². The third-order valence-corrected chi connectivity index (χ3v) is 4.09. The van der Waals surface area contributed by atoms with Gasteiger partial charge in [-0.05, 0) is 62.2 Å². The van der Waals surface area contributed by atoms with Gasteiger partial charge in [0.05, 0.1) is 12.2 Å². The van der Waals surface area contributed by atoms with Gasteiger partial charge in [-0.15, -0.1) is 0 Å². The van der Waals surface area contributed by atoms with E-state index in [1.54, 1.807) is 31.2 Å². The van der Waals surface area contributed by atoms with E-state index in [9.17, 15) is 9.59 Å². The molecule has 3 aromatic rings. The summed E-state index contributed by atoms with van der Waals surface area (Å²) in [5.74, 6) is -0.586. The van der Waals surface area contributed by atoms with Crippen LogP contribution in [0.2, 0.25) is 0 Å². The summed E-state index contributed by atoms with van der Waals surface area (Å²) in [6.07, 6.45) is 0. The van der Waals surface area contributed by atoms with Crippen molar-refractivity contribution in [1.82, 2.24) is 4.98 Å². The summed E-state index contributed by atoms with van der Waals surface area (Å²) in [6, 6.07) is 12.7. The monoisotopic (exact) mass is 336 g/mol. The number of aromatic amines is 1. The van der Waals surface area contributed by atoms with Gasteiger partial charge in [0.2, 0.25) is 0 Å². The maximum absolute atomic E-state index is 12.6. The lowest BCUT2D eigenvalue weighted by Gasteiger charge is -2.06. The highest BCUT2D eigenvalue weighted by molar-refractivity contribution is 6.08. The molecule has 0 saturated carbocycles. The lowest BCUT2D eigenvalue weighted by Crippen LogP contribution is -2.13. The van der Waals surface area contributed by atoms with Gasteiger partial charge in [0.15, 0.2) is 0 Å². The zero-order valence-electron chi connectivity index (χ0n) is 14.5. The van der Waals surface area contributed by atoms with Crippen molar-refractivity contribution in [3.63, 3.8) is 0 Å². The normalized spacial score (nSPS) is 10.7. The van der Waals surface area contributed by atoms with Crippen molar-refractivity contribution in [3.05, 3.63) is 64.8 Å². The van der Waals surface area contributed by atoms with Crippen LogP contribution in [0.3, 0.4) is 0 Å². The molecule has 1 aromatic heterocycles. The number of hydrogen-bond acceptors (Lipinski definition) is 3. The minimum atomic E-state index is -0.373. The minimum absolute atomic E-state index is 0.213. The van der Waals surface area contributed by atoms with Crippen LogP contribution in [0, 0.1) is 13.8 Å². The van der Waals surface area contributed by atoms with E-state index in [2.05, 4.69) is 10.3 Å². The molecule has 0 fully saturated rings. The van der Waals surface area contributed by atoms with Gasteiger partial charge < -0.3 is 15.0 Å². The summed E-state index contributed by atoms with van der Waals surface area (Å²) >= 11 is 0. The van der Waals surface area contributed by atoms with Gasteiger partial charge >= 0.3 is 5.97 Å². The molecular weight excluding hydrogens is 316 g/mol. The molecule has 0 aliphatic heterocycles.